The van der Waals surface area contributed by atoms with E-state index in [0.29, 0.717) is 3.57 Å². The lowest BCUT2D eigenvalue weighted by Crippen LogP contribution is -2.05. The summed E-state index contributed by atoms with van der Waals surface area (Å²) < 4.78 is 53.0. The molecule has 1 aromatic carbocycles. The zero-order valence-corrected chi connectivity index (χ0v) is 11.3. The smallest absolute Gasteiger partial charge is 0.333 e. The maximum atomic E-state index is 13.7. The van der Waals surface area contributed by atoms with Gasteiger partial charge >= 0.3 is 6.18 Å². The maximum absolute atomic E-state index is 13.7. The molecule has 0 aliphatic heterocycles. The van der Waals surface area contributed by atoms with Crippen molar-refractivity contribution >= 4 is 22.6 Å². The second-order valence-electron chi connectivity index (χ2n) is 3.68. The van der Waals surface area contributed by atoms with E-state index in [0.717, 1.165) is 10.8 Å². The summed E-state index contributed by atoms with van der Waals surface area (Å²) in [6.45, 7) is 0. The zero-order chi connectivity index (χ0) is 13.5. The summed E-state index contributed by atoms with van der Waals surface area (Å²) >= 11 is 1.92. The van der Waals surface area contributed by atoms with Crippen molar-refractivity contribution in [3.63, 3.8) is 0 Å². The van der Waals surface area contributed by atoms with Crippen molar-refractivity contribution < 1.29 is 17.6 Å². The third-order valence-electron chi connectivity index (χ3n) is 2.34. The van der Waals surface area contributed by atoms with Gasteiger partial charge in [0.25, 0.3) is 0 Å². The highest BCUT2D eigenvalue weighted by Crippen LogP contribution is 2.31. The van der Waals surface area contributed by atoms with Crippen molar-refractivity contribution in [2.75, 3.05) is 0 Å². The van der Waals surface area contributed by atoms with Gasteiger partial charge in [-0.1, -0.05) is 0 Å². The summed E-state index contributed by atoms with van der Waals surface area (Å²) in [5.74, 6) is -0.638. The molecule has 0 fully saturated rings. The molecule has 2 nitrogen and oxygen atoms in total. The van der Waals surface area contributed by atoms with Crippen molar-refractivity contribution in [3.05, 3.63) is 39.5 Å². The van der Waals surface area contributed by atoms with Crippen molar-refractivity contribution in [3.8, 4) is 11.4 Å². The van der Waals surface area contributed by atoms with Crippen LogP contribution in [0.5, 0.6) is 0 Å². The van der Waals surface area contributed by atoms with Crippen LogP contribution in [0.2, 0.25) is 0 Å². The first-order valence-corrected chi connectivity index (χ1v) is 5.93. The van der Waals surface area contributed by atoms with E-state index in [2.05, 4.69) is 4.98 Å². The van der Waals surface area contributed by atoms with Crippen LogP contribution in [0.1, 0.15) is 5.69 Å². The fourth-order valence-electron chi connectivity index (χ4n) is 1.52. The van der Waals surface area contributed by atoms with Crippen LogP contribution in [0.25, 0.3) is 11.4 Å². The van der Waals surface area contributed by atoms with Crippen molar-refractivity contribution in [2.45, 2.75) is 6.18 Å². The molecule has 1 aromatic heterocycles. The van der Waals surface area contributed by atoms with Crippen LogP contribution in [0, 0.1) is 9.39 Å². The van der Waals surface area contributed by atoms with Gasteiger partial charge in [0, 0.05) is 16.8 Å². The molecule has 2 aromatic rings. The van der Waals surface area contributed by atoms with Crippen LogP contribution in [-0.4, -0.2) is 9.55 Å². The molecule has 1 heterocycles. The minimum Gasteiger partial charge on any atom is -0.333 e. The number of benzene rings is 1. The minimum absolute atomic E-state index is 0.0452. The van der Waals surface area contributed by atoms with Gasteiger partial charge in [0.2, 0.25) is 0 Å². The Morgan fingerprint density at radius 1 is 1.28 bits per heavy atom. The second kappa shape index (κ2) is 4.52. The first-order chi connectivity index (χ1) is 8.29. The Kier molecular flexibility index (Phi) is 3.35. The molecule has 0 bridgehead atoms. The molecular weight excluding hydrogens is 363 g/mol. The number of aromatic nitrogens is 2. The lowest BCUT2D eigenvalue weighted by atomic mass is 10.2. The molecule has 18 heavy (non-hydrogen) atoms. The average molecular weight is 370 g/mol. The van der Waals surface area contributed by atoms with E-state index in [1.54, 1.807) is 6.07 Å². The Morgan fingerprint density at radius 3 is 2.44 bits per heavy atom. The first-order valence-electron chi connectivity index (χ1n) is 4.85. The molecule has 0 aliphatic carbocycles. The first kappa shape index (κ1) is 13.3. The van der Waals surface area contributed by atoms with E-state index < -0.39 is 17.7 Å². The third-order valence-corrected chi connectivity index (χ3v) is 3.01. The Balaban J connectivity index is 2.55. The minimum atomic E-state index is -4.53. The number of aryl methyl sites for hydroxylation is 1. The molecule has 2 rings (SSSR count). The number of rotatable bonds is 1. The second-order valence-corrected chi connectivity index (χ2v) is 4.93. The summed E-state index contributed by atoms with van der Waals surface area (Å²) in [4.78, 5) is 3.44. The van der Waals surface area contributed by atoms with Crippen LogP contribution in [0.4, 0.5) is 17.6 Å². The van der Waals surface area contributed by atoms with Crippen LogP contribution >= 0.6 is 22.6 Å². The van der Waals surface area contributed by atoms with Crippen LogP contribution in [0.3, 0.4) is 0 Å². The highest BCUT2D eigenvalue weighted by molar-refractivity contribution is 14.1. The van der Waals surface area contributed by atoms with E-state index >= 15 is 0 Å². The van der Waals surface area contributed by atoms with Crippen molar-refractivity contribution in [1.82, 2.24) is 9.55 Å². The normalized spacial score (nSPS) is 11.9. The fourth-order valence-corrected chi connectivity index (χ4v) is 1.98. The Labute approximate surface area is 114 Å². The number of halogens is 5. The molecule has 0 atom stereocenters. The van der Waals surface area contributed by atoms with E-state index in [9.17, 15) is 17.6 Å². The van der Waals surface area contributed by atoms with Gasteiger partial charge < -0.3 is 4.57 Å². The van der Waals surface area contributed by atoms with Crippen LogP contribution in [-0.2, 0) is 13.2 Å². The standard InChI is InChI=1S/C11H7F4IN2/c1-18-5-9(11(13,14)15)17-10(18)7-3-2-6(16)4-8(7)12/h2-5H,1H3. The summed E-state index contributed by atoms with van der Waals surface area (Å²) in [6, 6.07) is 4.28. The predicted octanol–water partition coefficient (Wildman–Crippen LogP) is 3.85. The van der Waals surface area contributed by atoms with E-state index in [1.807, 2.05) is 22.6 Å². The Hall–Kier alpha value is -1.12. The van der Waals surface area contributed by atoms with Gasteiger partial charge in [-0.2, -0.15) is 13.2 Å². The highest BCUT2D eigenvalue weighted by Gasteiger charge is 2.34. The molecule has 0 aliphatic rings. The van der Waals surface area contributed by atoms with Gasteiger partial charge in [0.05, 0.1) is 5.56 Å². The Morgan fingerprint density at radius 2 is 1.94 bits per heavy atom. The van der Waals surface area contributed by atoms with Crippen LogP contribution in [0.15, 0.2) is 24.4 Å². The molecule has 96 valence electrons. The van der Waals surface area contributed by atoms with E-state index in [-0.39, 0.29) is 11.4 Å². The summed E-state index contributed by atoms with van der Waals surface area (Å²) in [6.07, 6.45) is -3.69. The van der Waals surface area contributed by atoms with Gasteiger partial charge in [-0.15, -0.1) is 0 Å². The molecular formula is C11H7F4IN2. The van der Waals surface area contributed by atoms with Gasteiger partial charge in [-0.25, -0.2) is 9.37 Å². The molecule has 0 amide bonds. The highest BCUT2D eigenvalue weighted by atomic mass is 127. The summed E-state index contributed by atoms with van der Waals surface area (Å²) in [7, 11) is 1.40. The Bertz CT molecular complexity index is 589. The third kappa shape index (κ3) is 2.50. The average Bonchev–Trinajstić information content (AvgIpc) is 2.60. The van der Waals surface area contributed by atoms with Crippen molar-refractivity contribution in [1.29, 1.82) is 0 Å². The largest absolute Gasteiger partial charge is 0.434 e. The van der Waals surface area contributed by atoms with Gasteiger partial charge in [-0.05, 0) is 40.8 Å². The zero-order valence-electron chi connectivity index (χ0n) is 9.09. The fraction of sp³-hybridized carbons (Fsp3) is 0.182. The van der Waals surface area contributed by atoms with E-state index in [1.165, 1.54) is 19.2 Å². The van der Waals surface area contributed by atoms with E-state index in [4.69, 9.17) is 0 Å². The van der Waals surface area contributed by atoms with Crippen molar-refractivity contribution in [2.24, 2.45) is 7.05 Å². The molecule has 0 unspecified atom stereocenters. The van der Waals surface area contributed by atoms with Crippen LogP contribution < -0.4 is 0 Å². The number of imidazole rings is 1. The number of hydrogen-bond donors (Lipinski definition) is 0. The van der Waals surface area contributed by atoms with Gasteiger partial charge in [0.15, 0.2) is 5.69 Å². The molecule has 7 heteroatoms. The van der Waals surface area contributed by atoms with Gasteiger partial charge in [0.1, 0.15) is 11.6 Å². The topological polar surface area (TPSA) is 17.8 Å². The molecule has 0 saturated carbocycles. The monoisotopic (exact) mass is 370 g/mol. The molecule has 0 radical (unpaired) electrons. The van der Waals surface area contributed by atoms with Gasteiger partial charge in [-0.3, -0.25) is 0 Å². The summed E-state index contributed by atoms with van der Waals surface area (Å²) in [5, 5.41) is 0. The molecule has 0 spiro atoms. The number of nitrogens with zero attached hydrogens (tertiary/aromatic N) is 2. The maximum Gasteiger partial charge on any atom is 0.434 e. The number of alkyl halides is 3. The lowest BCUT2D eigenvalue weighted by molar-refractivity contribution is -0.140. The molecule has 0 N–H and O–H groups in total. The predicted molar refractivity (Wildman–Crippen MR) is 66.3 cm³/mol. The summed E-state index contributed by atoms with van der Waals surface area (Å²) in [5.41, 5.74) is -0.980. The molecule has 0 saturated heterocycles. The lowest BCUT2D eigenvalue weighted by Gasteiger charge is -2.03. The SMILES string of the molecule is Cn1cc(C(F)(F)F)nc1-c1ccc(I)cc1F. The number of hydrogen-bond acceptors (Lipinski definition) is 1. The quantitative estimate of drug-likeness (QED) is 0.551.